The summed E-state index contributed by atoms with van der Waals surface area (Å²) < 4.78 is 67.8. The van der Waals surface area contributed by atoms with Gasteiger partial charge in [0.25, 0.3) is 18.0 Å². The first kappa shape index (κ1) is 20.1. The van der Waals surface area contributed by atoms with Gasteiger partial charge in [-0.05, 0) is 0 Å². The van der Waals surface area contributed by atoms with Crippen molar-refractivity contribution >= 4 is 17.3 Å². The number of ether oxygens (including phenoxy) is 1. The third kappa shape index (κ3) is 5.12. The van der Waals surface area contributed by atoms with Crippen LogP contribution in [0.25, 0.3) is 0 Å². The maximum atomic E-state index is 12.7. The van der Waals surface area contributed by atoms with Crippen molar-refractivity contribution in [3.63, 3.8) is 0 Å². The fourth-order valence-corrected chi connectivity index (χ4v) is 2.02. The normalized spacial score (nSPS) is 11.5. The number of hydrogen-bond acceptors (Lipinski definition) is 5. The number of halogens is 5. The fourth-order valence-electron chi connectivity index (χ4n) is 2.02. The molecule has 2 aromatic rings. The average molecular weight is 394 g/mol. The number of anilines is 1. The van der Waals surface area contributed by atoms with Crippen molar-refractivity contribution in [1.82, 2.24) is 9.78 Å². The molecule has 0 saturated heterocycles. The zero-order valence-corrected chi connectivity index (χ0v) is 13.5. The summed E-state index contributed by atoms with van der Waals surface area (Å²) in [7, 11) is 1.11. The number of nitrogens with one attached hydrogen (secondary N) is 1. The zero-order chi connectivity index (χ0) is 20.4. The molecule has 0 fully saturated rings. The van der Waals surface area contributed by atoms with E-state index >= 15 is 0 Å². The van der Waals surface area contributed by atoms with Crippen molar-refractivity contribution in [2.45, 2.75) is 12.6 Å². The van der Waals surface area contributed by atoms with E-state index in [4.69, 9.17) is 0 Å². The van der Waals surface area contributed by atoms with Gasteiger partial charge in [0.15, 0.2) is 5.69 Å². The molecule has 1 N–H and O–H groups in total. The minimum Gasteiger partial charge on any atom is -0.487 e. The van der Waals surface area contributed by atoms with E-state index in [9.17, 15) is 36.9 Å². The lowest BCUT2D eigenvalue weighted by molar-refractivity contribution is -0.384. The van der Waals surface area contributed by atoms with E-state index in [1.807, 2.05) is 0 Å². The van der Waals surface area contributed by atoms with Crippen LogP contribution in [0.15, 0.2) is 24.3 Å². The highest BCUT2D eigenvalue weighted by Crippen LogP contribution is 2.29. The highest BCUT2D eigenvalue weighted by atomic mass is 19.4. The molecule has 0 aliphatic rings. The standard InChI is InChI=1S/C14H11F5N4O4/c1-22-10(5-11(21-22)14(17,18)19)13(24)20-7-2-8(23(25)26)4-9(3-7)27-6-12(15)16/h2-5,12H,6H2,1H3,(H,20,24). The lowest BCUT2D eigenvalue weighted by atomic mass is 10.2. The van der Waals surface area contributed by atoms with E-state index in [1.54, 1.807) is 0 Å². The Hall–Kier alpha value is -3.25. The van der Waals surface area contributed by atoms with Crippen molar-refractivity contribution in [2.75, 3.05) is 11.9 Å². The van der Waals surface area contributed by atoms with Gasteiger partial charge in [0.05, 0.1) is 16.7 Å². The van der Waals surface area contributed by atoms with Gasteiger partial charge >= 0.3 is 6.18 Å². The van der Waals surface area contributed by atoms with E-state index in [1.165, 1.54) is 0 Å². The molecule has 1 aromatic carbocycles. The Kier molecular flexibility index (Phi) is 5.61. The first-order valence-corrected chi connectivity index (χ1v) is 7.10. The van der Waals surface area contributed by atoms with E-state index in [0.29, 0.717) is 10.7 Å². The van der Waals surface area contributed by atoms with Crippen LogP contribution in [0.5, 0.6) is 5.75 Å². The highest BCUT2D eigenvalue weighted by Gasteiger charge is 2.35. The number of nitrogens with zero attached hydrogens (tertiary/aromatic N) is 3. The molecule has 0 saturated carbocycles. The van der Waals surface area contributed by atoms with Gasteiger partial charge in [-0.15, -0.1) is 0 Å². The summed E-state index contributed by atoms with van der Waals surface area (Å²) in [4.78, 5) is 22.2. The molecule has 1 amide bonds. The molecule has 0 aliphatic carbocycles. The van der Waals surface area contributed by atoms with Crippen molar-refractivity contribution in [1.29, 1.82) is 0 Å². The molecule has 0 aliphatic heterocycles. The van der Waals surface area contributed by atoms with Gasteiger partial charge in [0.2, 0.25) is 0 Å². The summed E-state index contributed by atoms with van der Waals surface area (Å²) in [5, 5.41) is 16.2. The SMILES string of the molecule is Cn1nc(C(F)(F)F)cc1C(=O)Nc1cc(OCC(F)F)cc([N+](=O)[O-])c1. The molecule has 0 radical (unpaired) electrons. The summed E-state index contributed by atoms with van der Waals surface area (Å²) in [6.45, 7) is -1.04. The minimum atomic E-state index is -4.77. The number of nitro benzene ring substituents is 1. The maximum Gasteiger partial charge on any atom is 0.435 e. The van der Waals surface area contributed by atoms with Crippen molar-refractivity contribution in [2.24, 2.45) is 7.05 Å². The molecule has 0 unspecified atom stereocenters. The monoisotopic (exact) mass is 394 g/mol. The van der Waals surface area contributed by atoms with Crippen LogP contribution in [0, 0.1) is 10.1 Å². The topological polar surface area (TPSA) is 99.3 Å². The van der Waals surface area contributed by atoms with Gasteiger partial charge in [-0.25, -0.2) is 8.78 Å². The summed E-state index contributed by atoms with van der Waals surface area (Å²) in [5.41, 5.74) is -2.56. The van der Waals surface area contributed by atoms with Gasteiger partial charge < -0.3 is 10.1 Å². The van der Waals surface area contributed by atoms with E-state index < -0.39 is 47.1 Å². The quantitative estimate of drug-likeness (QED) is 0.461. The van der Waals surface area contributed by atoms with Crippen LogP contribution in [0.3, 0.4) is 0 Å². The predicted molar refractivity (Wildman–Crippen MR) is 80.8 cm³/mol. The van der Waals surface area contributed by atoms with Crippen molar-refractivity contribution in [3.8, 4) is 5.75 Å². The molecule has 0 atom stereocenters. The van der Waals surface area contributed by atoms with Gasteiger partial charge in [-0.1, -0.05) is 0 Å². The molecule has 8 nitrogen and oxygen atoms in total. The molecule has 27 heavy (non-hydrogen) atoms. The third-order valence-corrected chi connectivity index (χ3v) is 3.14. The van der Waals surface area contributed by atoms with Crippen molar-refractivity contribution in [3.05, 3.63) is 45.8 Å². The maximum absolute atomic E-state index is 12.7. The second kappa shape index (κ2) is 7.55. The number of non-ortho nitro benzene ring substituents is 1. The smallest absolute Gasteiger partial charge is 0.435 e. The van der Waals surface area contributed by atoms with Gasteiger partial charge in [-0.3, -0.25) is 19.6 Å². The number of alkyl halides is 5. The number of amides is 1. The number of aryl methyl sites for hydroxylation is 1. The molecule has 13 heteroatoms. The molecule has 0 spiro atoms. The van der Waals surface area contributed by atoms with Crippen LogP contribution < -0.4 is 10.1 Å². The molecule has 2 rings (SSSR count). The van der Waals surface area contributed by atoms with Crippen LogP contribution in [0.2, 0.25) is 0 Å². The Morgan fingerprint density at radius 3 is 2.52 bits per heavy atom. The molecular weight excluding hydrogens is 383 g/mol. The average Bonchev–Trinajstić information content (AvgIpc) is 2.95. The van der Waals surface area contributed by atoms with Crippen LogP contribution in [-0.4, -0.2) is 33.6 Å². The van der Waals surface area contributed by atoms with Crippen molar-refractivity contribution < 1.29 is 36.4 Å². The molecule has 146 valence electrons. The van der Waals surface area contributed by atoms with Gasteiger partial charge in [0.1, 0.15) is 18.1 Å². The number of rotatable bonds is 6. The number of nitro groups is 1. The number of benzene rings is 1. The van der Waals surface area contributed by atoms with Crippen LogP contribution in [0.4, 0.5) is 33.3 Å². The highest BCUT2D eigenvalue weighted by molar-refractivity contribution is 6.03. The van der Waals surface area contributed by atoms with Gasteiger partial charge in [0, 0.05) is 25.2 Å². The van der Waals surface area contributed by atoms with E-state index in [0.717, 1.165) is 25.2 Å². The molecule has 1 heterocycles. The fraction of sp³-hybridized carbons (Fsp3) is 0.286. The summed E-state index contributed by atoms with van der Waals surface area (Å²) in [6.07, 6.45) is -7.60. The lowest BCUT2D eigenvalue weighted by Gasteiger charge is -2.09. The Morgan fingerprint density at radius 1 is 1.33 bits per heavy atom. The van der Waals surface area contributed by atoms with E-state index in [2.05, 4.69) is 15.2 Å². The summed E-state index contributed by atoms with van der Waals surface area (Å²) in [5.74, 6) is -1.36. The summed E-state index contributed by atoms with van der Waals surface area (Å²) in [6, 6.07) is 3.28. The van der Waals surface area contributed by atoms with E-state index in [-0.39, 0.29) is 11.4 Å². The number of hydrogen-bond donors (Lipinski definition) is 1. The largest absolute Gasteiger partial charge is 0.487 e. The van der Waals surface area contributed by atoms with Crippen LogP contribution >= 0.6 is 0 Å². The number of carbonyl (C=O) groups is 1. The number of carbonyl (C=O) groups excluding carboxylic acids is 1. The first-order chi connectivity index (χ1) is 12.5. The number of aromatic nitrogens is 2. The molecule has 0 bridgehead atoms. The Labute approximate surface area is 147 Å². The van der Waals surface area contributed by atoms with Crippen LogP contribution in [-0.2, 0) is 13.2 Å². The second-order valence-corrected chi connectivity index (χ2v) is 5.17. The van der Waals surface area contributed by atoms with Gasteiger partial charge in [-0.2, -0.15) is 18.3 Å². The lowest BCUT2D eigenvalue weighted by Crippen LogP contribution is -2.16. The first-order valence-electron chi connectivity index (χ1n) is 7.10. The Morgan fingerprint density at radius 2 is 2.00 bits per heavy atom. The Balaban J connectivity index is 2.29. The molecular formula is C14H11F5N4O4. The Bertz CT molecular complexity index is 866. The summed E-state index contributed by atoms with van der Waals surface area (Å²) >= 11 is 0. The third-order valence-electron chi connectivity index (χ3n) is 3.14. The zero-order valence-electron chi connectivity index (χ0n) is 13.5. The minimum absolute atomic E-state index is 0.228. The second-order valence-electron chi connectivity index (χ2n) is 5.17. The molecule has 1 aromatic heterocycles. The predicted octanol–water partition coefficient (Wildman–Crippen LogP) is 3.24. The van der Waals surface area contributed by atoms with Crippen LogP contribution in [0.1, 0.15) is 16.2 Å².